The Morgan fingerprint density at radius 1 is 0.609 bits per heavy atom. The van der Waals surface area contributed by atoms with Crippen molar-refractivity contribution in [1.82, 2.24) is 0 Å². The molecule has 0 spiro atoms. The Morgan fingerprint density at radius 2 is 1.23 bits per heavy atom. The molecule has 4 saturated carbocycles. The van der Waals surface area contributed by atoms with Crippen molar-refractivity contribution in [3.63, 3.8) is 0 Å². The molecule has 17 heteroatoms. The minimum atomic E-state index is -1.87. The van der Waals surface area contributed by atoms with E-state index >= 15 is 0 Å². The van der Waals surface area contributed by atoms with Crippen LogP contribution in [0.1, 0.15) is 106 Å². The fourth-order valence-electron chi connectivity index (χ4n) is 14.9. The number of ether oxygens (including phenoxy) is 6. The van der Waals surface area contributed by atoms with Crippen molar-refractivity contribution in [2.24, 2.45) is 50.2 Å². The summed E-state index contributed by atoms with van der Waals surface area (Å²) in [6.45, 7) is 14.2. The highest BCUT2D eigenvalue weighted by Crippen LogP contribution is 2.76. The van der Waals surface area contributed by atoms with Crippen LogP contribution in [0, 0.1) is 50.2 Å². The van der Waals surface area contributed by atoms with E-state index in [0.717, 1.165) is 51.4 Å². The Labute approximate surface area is 376 Å². The molecule has 0 amide bonds. The van der Waals surface area contributed by atoms with Crippen molar-refractivity contribution in [2.45, 2.75) is 204 Å². The lowest BCUT2D eigenvalue weighted by Crippen LogP contribution is -2.68. The summed E-state index contributed by atoms with van der Waals surface area (Å²) in [7, 11) is 0. The van der Waals surface area contributed by atoms with Crippen molar-refractivity contribution in [2.75, 3.05) is 26.4 Å². The standard InChI is InChI=1S/C47H78O17/c1-42(2)16-23-22-8-9-28-44(4)12-11-30(45(5,21-50)27(44)10-13-47(28,7)46(22,6)15-14-43(23,3)29(52)17-42)62-41-38(35(57)33(55)26(19-49)61-41)64-40-37(31(53)24(51)20-59-40)63-39-36(58)34(56)32(54)25(18-48)60-39/h8,23-41,48-58H,9-21H2,1-7H3/t23-,24-,25+,26+,27+,28+,29+,30-,31-,32+,33+,34-,35-,36+,37+,38+,39-,40?,41?,43+,44-,45+,46+,47+/m0/s1. The van der Waals surface area contributed by atoms with Crippen molar-refractivity contribution in [3.8, 4) is 0 Å². The number of fused-ring (bicyclic) bond motifs is 7. The van der Waals surface area contributed by atoms with Crippen LogP contribution in [0.3, 0.4) is 0 Å². The largest absolute Gasteiger partial charge is 0.396 e. The van der Waals surface area contributed by atoms with Crippen LogP contribution in [0.4, 0.5) is 0 Å². The number of aliphatic hydroxyl groups excluding tert-OH is 11. The molecule has 24 atom stereocenters. The van der Waals surface area contributed by atoms with Gasteiger partial charge in [0.1, 0.15) is 67.1 Å². The number of rotatable bonds is 9. The highest BCUT2D eigenvalue weighted by molar-refractivity contribution is 5.34. The molecule has 64 heavy (non-hydrogen) atoms. The Balaban J connectivity index is 1.05. The van der Waals surface area contributed by atoms with Gasteiger partial charge in [-0.25, -0.2) is 0 Å². The first-order valence-electron chi connectivity index (χ1n) is 23.8. The summed E-state index contributed by atoms with van der Waals surface area (Å²) in [6.07, 6.45) is -13.4. The van der Waals surface area contributed by atoms with E-state index in [1.165, 1.54) is 5.57 Å². The first-order chi connectivity index (χ1) is 29.9. The van der Waals surface area contributed by atoms with Crippen LogP contribution in [0.25, 0.3) is 0 Å². The second-order valence-electron chi connectivity index (χ2n) is 23.1. The fraction of sp³-hybridized carbons (Fsp3) is 0.957. The second-order valence-corrected chi connectivity index (χ2v) is 23.1. The molecule has 368 valence electrons. The lowest BCUT2D eigenvalue weighted by molar-refractivity contribution is -0.390. The van der Waals surface area contributed by atoms with Gasteiger partial charge >= 0.3 is 0 Å². The zero-order valence-corrected chi connectivity index (χ0v) is 38.6. The van der Waals surface area contributed by atoms with Crippen molar-refractivity contribution in [1.29, 1.82) is 0 Å². The van der Waals surface area contributed by atoms with Crippen molar-refractivity contribution >= 4 is 0 Å². The van der Waals surface area contributed by atoms with Crippen LogP contribution < -0.4 is 0 Å². The Kier molecular flexibility index (Phi) is 13.5. The van der Waals surface area contributed by atoms with Crippen LogP contribution in [0.15, 0.2) is 11.6 Å². The molecule has 11 N–H and O–H groups in total. The zero-order valence-electron chi connectivity index (χ0n) is 38.6. The van der Waals surface area contributed by atoms with Crippen LogP contribution in [0.5, 0.6) is 0 Å². The Hall–Kier alpha value is -0.940. The summed E-state index contributed by atoms with van der Waals surface area (Å²) in [5.41, 5.74) is 0.306. The molecule has 0 radical (unpaired) electrons. The molecule has 0 aromatic rings. The fourth-order valence-corrected chi connectivity index (χ4v) is 14.9. The number of hydrogen-bond donors (Lipinski definition) is 11. The Morgan fingerprint density at radius 3 is 1.89 bits per heavy atom. The maximum atomic E-state index is 11.6. The molecule has 3 heterocycles. The third-order valence-corrected chi connectivity index (χ3v) is 19.2. The SMILES string of the molecule is CC1(C)C[C@@H](O)[C@]2(C)CC[C@]3(C)C(=CC[C@@H]4[C@@]5(C)CC[C@H](OC6O[C@H](CO)[C@@H](O)[C@H](O)[C@H]6OC6OC[C@H](O)[C@H](O)[C@H]6O[C@@H]6O[C@H](CO)[C@@H](O)[C@H](O)[C@H]6O)[C@](C)(CO)[C@@H]5CC[C@]43C)[C@@H]2C1. The average Bonchev–Trinajstić information content (AvgIpc) is 3.24. The average molecular weight is 915 g/mol. The maximum Gasteiger partial charge on any atom is 0.187 e. The van der Waals surface area contributed by atoms with Crippen LogP contribution >= 0.6 is 0 Å². The summed E-state index contributed by atoms with van der Waals surface area (Å²) in [6, 6.07) is 0. The molecule has 0 aromatic carbocycles. The molecule has 7 fully saturated rings. The van der Waals surface area contributed by atoms with Gasteiger partial charge in [-0.2, -0.15) is 0 Å². The molecule has 8 aliphatic rings. The van der Waals surface area contributed by atoms with Crippen LogP contribution in [-0.4, -0.2) is 181 Å². The lowest BCUT2D eigenvalue weighted by Gasteiger charge is -2.72. The molecule has 3 saturated heterocycles. The summed E-state index contributed by atoms with van der Waals surface area (Å²) in [5, 5.41) is 119. The van der Waals surface area contributed by atoms with E-state index < -0.39 is 117 Å². The highest BCUT2D eigenvalue weighted by Gasteiger charge is 2.70. The van der Waals surface area contributed by atoms with E-state index in [9.17, 15) is 56.2 Å². The smallest absolute Gasteiger partial charge is 0.187 e. The van der Waals surface area contributed by atoms with E-state index in [0.29, 0.717) is 18.3 Å². The third-order valence-electron chi connectivity index (χ3n) is 19.2. The van der Waals surface area contributed by atoms with Gasteiger partial charge in [-0.3, -0.25) is 0 Å². The van der Waals surface area contributed by atoms with Gasteiger partial charge in [-0.15, -0.1) is 0 Å². The Bertz CT molecular complexity index is 1700. The topological polar surface area (TPSA) is 278 Å². The highest BCUT2D eigenvalue weighted by atomic mass is 16.8. The number of aliphatic hydroxyl groups is 11. The van der Waals surface area contributed by atoms with E-state index in [-0.39, 0.29) is 45.7 Å². The van der Waals surface area contributed by atoms with Gasteiger partial charge in [0.15, 0.2) is 18.9 Å². The van der Waals surface area contributed by atoms with Gasteiger partial charge in [-0.05, 0) is 97.2 Å². The first kappa shape index (κ1) is 49.5. The normalized spacial score (nSPS) is 56.2. The van der Waals surface area contributed by atoms with Crippen molar-refractivity contribution < 1.29 is 84.6 Å². The van der Waals surface area contributed by atoms with Crippen LogP contribution in [0.2, 0.25) is 0 Å². The van der Waals surface area contributed by atoms with Crippen LogP contribution in [-0.2, 0) is 28.4 Å². The monoisotopic (exact) mass is 915 g/mol. The molecule has 2 unspecified atom stereocenters. The lowest BCUT2D eigenvalue weighted by atomic mass is 9.33. The first-order valence-corrected chi connectivity index (χ1v) is 23.8. The van der Waals surface area contributed by atoms with Gasteiger partial charge in [0, 0.05) is 10.8 Å². The quantitative estimate of drug-likeness (QED) is 0.109. The summed E-state index contributed by atoms with van der Waals surface area (Å²) in [5.74, 6) is 0.615. The summed E-state index contributed by atoms with van der Waals surface area (Å²) >= 11 is 0. The third kappa shape index (κ3) is 7.62. The summed E-state index contributed by atoms with van der Waals surface area (Å²) < 4.78 is 36.4. The van der Waals surface area contributed by atoms with Gasteiger partial charge in [0.05, 0.1) is 38.6 Å². The molecular formula is C47H78O17. The van der Waals surface area contributed by atoms with E-state index in [2.05, 4.69) is 47.6 Å². The molecule has 5 aliphatic carbocycles. The van der Waals surface area contributed by atoms with E-state index in [1.54, 1.807) is 0 Å². The molecule has 3 aliphatic heterocycles. The maximum absolute atomic E-state index is 11.6. The minimum absolute atomic E-state index is 0.00593. The zero-order chi connectivity index (χ0) is 46.7. The number of hydrogen-bond acceptors (Lipinski definition) is 17. The molecule has 0 bridgehead atoms. The van der Waals surface area contributed by atoms with Gasteiger partial charge < -0.3 is 84.6 Å². The van der Waals surface area contributed by atoms with Gasteiger partial charge in [0.25, 0.3) is 0 Å². The van der Waals surface area contributed by atoms with E-state index in [4.69, 9.17) is 28.4 Å². The predicted octanol–water partition coefficient (Wildman–Crippen LogP) is 0.224. The predicted molar refractivity (Wildman–Crippen MR) is 225 cm³/mol. The van der Waals surface area contributed by atoms with E-state index in [1.807, 2.05) is 6.92 Å². The molecule has 17 nitrogen and oxygen atoms in total. The number of allylic oxidation sites excluding steroid dienone is 2. The molecule has 0 aromatic heterocycles. The minimum Gasteiger partial charge on any atom is -0.396 e. The molecule has 8 rings (SSSR count). The molecular weight excluding hydrogens is 836 g/mol. The van der Waals surface area contributed by atoms with Gasteiger partial charge in [-0.1, -0.05) is 60.1 Å². The summed E-state index contributed by atoms with van der Waals surface area (Å²) in [4.78, 5) is 0. The van der Waals surface area contributed by atoms with Crippen molar-refractivity contribution in [3.05, 3.63) is 11.6 Å². The second kappa shape index (κ2) is 17.5. The van der Waals surface area contributed by atoms with Gasteiger partial charge in [0.2, 0.25) is 0 Å².